The lowest BCUT2D eigenvalue weighted by Crippen LogP contribution is -2.31. The lowest BCUT2D eigenvalue weighted by molar-refractivity contribution is 0.0982. The Morgan fingerprint density at radius 3 is 2.66 bits per heavy atom. The first-order valence-electron chi connectivity index (χ1n) is 9.36. The summed E-state index contributed by atoms with van der Waals surface area (Å²) in [6.07, 6.45) is 0.829. The van der Waals surface area contributed by atoms with Crippen molar-refractivity contribution in [3.05, 3.63) is 83.7 Å². The highest BCUT2D eigenvalue weighted by Gasteiger charge is 2.26. The molecule has 146 valence electrons. The van der Waals surface area contributed by atoms with E-state index in [-0.39, 0.29) is 17.4 Å². The second-order valence-electron chi connectivity index (χ2n) is 6.70. The molecule has 0 spiro atoms. The van der Waals surface area contributed by atoms with Crippen LogP contribution in [0, 0.1) is 5.82 Å². The maximum Gasteiger partial charge on any atom is 0.259 e. The highest BCUT2D eigenvalue weighted by atomic mass is 32.2. The molecular weight excluding hydrogens is 387 g/mol. The summed E-state index contributed by atoms with van der Waals surface area (Å²) in [5.41, 5.74) is 2.34. The molecule has 4 rings (SSSR count). The van der Waals surface area contributed by atoms with Crippen LogP contribution in [0.15, 0.2) is 76.5 Å². The van der Waals surface area contributed by atoms with Crippen LogP contribution in [0.2, 0.25) is 0 Å². The first-order valence-corrected chi connectivity index (χ1v) is 10.2. The van der Waals surface area contributed by atoms with Crippen LogP contribution in [0.1, 0.15) is 34.1 Å². The van der Waals surface area contributed by atoms with Gasteiger partial charge < -0.3 is 10.2 Å². The van der Waals surface area contributed by atoms with E-state index in [4.69, 9.17) is 0 Å². The summed E-state index contributed by atoms with van der Waals surface area (Å²) in [6.45, 7) is 2.64. The molecule has 1 N–H and O–H groups in total. The molecule has 1 aliphatic heterocycles. The van der Waals surface area contributed by atoms with Crippen molar-refractivity contribution in [2.75, 3.05) is 16.8 Å². The summed E-state index contributed by atoms with van der Waals surface area (Å²) in [6, 6.07) is 18.6. The molecule has 2 amide bonds. The van der Waals surface area contributed by atoms with Crippen molar-refractivity contribution >= 4 is 35.0 Å². The van der Waals surface area contributed by atoms with Crippen molar-refractivity contribution in [2.45, 2.75) is 23.1 Å². The highest BCUT2D eigenvalue weighted by molar-refractivity contribution is 7.99. The number of halogens is 1. The van der Waals surface area contributed by atoms with Crippen LogP contribution in [-0.2, 0) is 0 Å². The molecular formula is C23H19FN2O2S. The van der Waals surface area contributed by atoms with E-state index in [0.717, 1.165) is 21.9 Å². The van der Waals surface area contributed by atoms with E-state index in [9.17, 15) is 14.0 Å². The maximum atomic E-state index is 13.4. The van der Waals surface area contributed by atoms with Gasteiger partial charge in [0, 0.05) is 27.6 Å². The SMILES string of the molecule is CCCN1C(=O)c2ccccc2Sc2cc(NC(=O)c3cccc(F)c3)ccc21. The number of rotatable bonds is 4. The van der Waals surface area contributed by atoms with Crippen molar-refractivity contribution in [3.63, 3.8) is 0 Å². The van der Waals surface area contributed by atoms with Crippen LogP contribution in [-0.4, -0.2) is 18.4 Å². The number of benzene rings is 3. The molecule has 0 saturated carbocycles. The van der Waals surface area contributed by atoms with Gasteiger partial charge in [-0.25, -0.2) is 4.39 Å². The van der Waals surface area contributed by atoms with Crippen molar-refractivity contribution in [1.29, 1.82) is 0 Å². The van der Waals surface area contributed by atoms with Crippen LogP contribution in [0.3, 0.4) is 0 Å². The Morgan fingerprint density at radius 2 is 1.86 bits per heavy atom. The highest BCUT2D eigenvalue weighted by Crippen LogP contribution is 2.42. The third-order valence-electron chi connectivity index (χ3n) is 4.63. The van der Waals surface area contributed by atoms with Gasteiger partial charge >= 0.3 is 0 Å². The van der Waals surface area contributed by atoms with Gasteiger partial charge in [0.25, 0.3) is 11.8 Å². The number of nitrogens with zero attached hydrogens (tertiary/aromatic N) is 1. The van der Waals surface area contributed by atoms with E-state index >= 15 is 0 Å². The fourth-order valence-corrected chi connectivity index (χ4v) is 4.40. The third kappa shape index (κ3) is 3.89. The molecule has 3 aromatic carbocycles. The van der Waals surface area contributed by atoms with E-state index < -0.39 is 5.82 Å². The number of nitrogens with one attached hydrogen (secondary N) is 1. The number of carbonyl (C=O) groups excluding carboxylic acids is 2. The Balaban J connectivity index is 1.70. The van der Waals surface area contributed by atoms with Gasteiger partial charge in [0.1, 0.15) is 5.82 Å². The van der Waals surface area contributed by atoms with Crippen LogP contribution in [0.25, 0.3) is 0 Å². The molecule has 0 atom stereocenters. The molecule has 0 aliphatic carbocycles. The number of fused-ring (bicyclic) bond motifs is 2. The second kappa shape index (κ2) is 8.09. The molecule has 0 saturated heterocycles. The van der Waals surface area contributed by atoms with Crippen LogP contribution < -0.4 is 10.2 Å². The van der Waals surface area contributed by atoms with Gasteiger partial charge in [-0.3, -0.25) is 9.59 Å². The number of hydrogen-bond donors (Lipinski definition) is 1. The average Bonchev–Trinajstić information content (AvgIpc) is 2.83. The lowest BCUT2D eigenvalue weighted by Gasteiger charge is -2.22. The van der Waals surface area contributed by atoms with Gasteiger partial charge in [0.05, 0.1) is 11.3 Å². The minimum Gasteiger partial charge on any atom is -0.322 e. The summed E-state index contributed by atoms with van der Waals surface area (Å²) in [5.74, 6) is -0.865. The predicted octanol–water partition coefficient (Wildman–Crippen LogP) is 5.60. The summed E-state index contributed by atoms with van der Waals surface area (Å²) >= 11 is 1.50. The largest absolute Gasteiger partial charge is 0.322 e. The molecule has 0 radical (unpaired) electrons. The van der Waals surface area contributed by atoms with Gasteiger partial charge in [-0.2, -0.15) is 0 Å². The molecule has 29 heavy (non-hydrogen) atoms. The molecule has 4 nitrogen and oxygen atoms in total. The number of hydrogen-bond acceptors (Lipinski definition) is 3. The van der Waals surface area contributed by atoms with E-state index in [1.54, 1.807) is 17.0 Å². The molecule has 0 unspecified atom stereocenters. The zero-order valence-corrected chi connectivity index (χ0v) is 16.6. The standard InChI is InChI=1S/C23H19FN2O2S/c1-2-12-26-19-11-10-17(25-22(27)15-6-5-7-16(24)13-15)14-21(19)29-20-9-4-3-8-18(20)23(26)28/h3-11,13-14H,2,12H2,1H3,(H,25,27). The van der Waals surface area contributed by atoms with Crippen LogP contribution in [0.5, 0.6) is 0 Å². The Hall–Kier alpha value is -3.12. The van der Waals surface area contributed by atoms with Crippen LogP contribution >= 0.6 is 11.8 Å². The molecule has 1 heterocycles. The number of carbonyl (C=O) groups is 2. The van der Waals surface area contributed by atoms with E-state index in [1.807, 2.05) is 43.3 Å². The van der Waals surface area contributed by atoms with E-state index in [0.29, 0.717) is 17.8 Å². The number of amides is 2. The van der Waals surface area contributed by atoms with Crippen molar-refractivity contribution in [2.24, 2.45) is 0 Å². The Kier molecular flexibility index (Phi) is 5.36. The van der Waals surface area contributed by atoms with E-state index in [1.165, 1.54) is 30.0 Å². The Morgan fingerprint density at radius 1 is 1.03 bits per heavy atom. The van der Waals surface area contributed by atoms with Crippen molar-refractivity contribution in [1.82, 2.24) is 0 Å². The normalized spacial score (nSPS) is 12.8. The van der Waals surface area contributed by atoms with Gasteiger partial charge in [-0.15, -0.1) is 0 Å². The first kappa shape index (κ1) is 19.2. The minimum absolute atomic E-state index is 0.0229. The van der Waals surface area contributed by atoms with Crippen molar-refractivity contribution < 1.29 is 14.0 Å². The smallest absolute Gasteiger partial charge is 0.259 e. The predicted molar refractivity (Wildman–Crippen MR) is 113 cm³/mol. The average molecular weight is 406 g/mol. The second-order valence-corrected chi connectivity index (χ2v) is 7.79. The molecule has 6 heteroatoms. The fraction of sp³-hybridized carbons (Fsp3) is 0.130. The summed E-state index contributed by atoms with van der Waals surface area (Å²) in [4.78, 5) is 29.1. The van der Waals surface area contributed by atoms with Gasteiger partial charge in [0.2, 0.25) is 0 Å². The van der Waals surface area contributed by atoms with Gasteiger partial charge in [-0.1, -0.05) is 36.9 Å². The van der Waals surface area contributed by atoms with Gasteiger partial charge in [-0.05, 0) is 55.0 Å². The zero-order valence-electron chi connectivity index (χ0n) is 15.8. The summed E-state index contributed by atoms with van der Waals surface area (Å²) < 4.78 is 13.4. The summed E-state index contributed by atoms with van der Waals surface area (Å²) in [7, 11) is 0. The topological polar surface area (TPSA) is 49.4 Å². The molecule has 0 bridgehead atoms. The molecule has 0 fully saturated rings. The quantitative estimate of drug-likeness (QED) is 0.614. The fourth-order valence-electron chi connectivity index (χ4n) is 3.28. The third-order valence-corrected chi connectivity index (χ3v) is 5.75. The van der Waals surface area contributed by atoms with Gasteiger partial charge in [0.15, 0.2) is 0 Å². The first-order chi connectivity index (χ1) is 14.1. The minimum atomic E-state index is -0.458. The monoisotopic (exact) mass is 406 g/mol. The van der Waals surface area contributed by atoms with Crippen LogP contribution in [0.4, 0.5) is 15.8 Å². The molecule has 1 aliphatic rings. The Bertz CT molecular complexity index is 1100. The van der Waals surface area contributed by atoms with Crippen molar-refractivity contribution in [3.8, 4) is 0 Å². The molecule has 3 aromatic rings. The summed E-state index contributed by atoms with van der Waals surface area (Å²) in [5, 5.41) is 2.82. The zero-order chi connectivity index (χ0) is 20.4. The number of anilines is 2. The lowest BCUT2D eigenvalue weighted by atomic mass is 10.1. The Labute approximate surface area is 172 Å². The molecule has 0 aromatic heterocycles. The maximum absolute atomic E-state index is 13.4. The van der Waals surface area contributed by atoms with E-state index in [2.05, 4.69) is 5.32 Å².